The van der Waals surface area contributed by atoms with Crippen molar-refractivity contribution >= 4 is 30.5 Å². The summed E-state index contributed by atoms with van der Waals surface area (Å²) >= 11 is 0. The highest BCUT2D eigenvalue weighted by molar-refractivity contribution is 5.85. The first kappa shape index (κ1) is 44.3. The van der Waals surface area contributed by atoms with Gasteiger partial charge in [0.25, 0.3) is 0 Å². The van der Waals surface area contributed by atoms with Gasteiger partial charge in [-0.1, -0.05) is 0 Å². The summed E-state index contributed by atoms with van der Waals surface area (Å²) in [6.07, 6.45) is -0.854. The minimum absolute atomic E-state index is 0. The number of amides is 3. The minimum atomic E-state index is -0.758. The van der Waals surface area contributed by atoms with Crippen molar-refractivity contribution in [2.24, 2.45) is 22.0 Å². The molecule has 0 spiro atoms. The van der Waals surface area contributed by atoms with E-state index in [1.165, 1.54) is 9.80 Å². The SMILES string of the molecule is CN(CC(C)(C)C#N)C(=O)OC(C)(C)C.CN(CC(C)(C)C(N)=O)C(=O)OC(C)(C)C.CNCC(C)(C)C#N.Cl. The zero-order valence-electron chi connectivity index (χ0n) is 27.4. The highest BCUT2D eigenvalue weighted by atomic mass is 35.5. The predicted octanol–water partition coefficient (Wildman–Crippen LogP) is 4.95. The highest BCUT2D eigenvalue weighted by Gasteiger charge is 2.30. The normalized spacial score (nSPS) is 11.4. The summed E-state index contributed by atoms with van der Waals surface area (Å²) in [7, 11) is 5.06. The second kappa shape index (κ2) is 17.8. The van der Waals surface area contributed by atoms with E-state index in [-0.39, 0.29) is 24.4 Å². The summed E-state index contributed by atoms with van der Waals surface area (Å²) in [6.45, 7) is 22.9. The molecule has 0 saturated carbocycles. The third-order valence-electron chi connectivity index (χ3n) is 4.57. The van der Waals surface area contributed by atoms with E-state index in [4.69, 9.17) is 25.7 Å². The molecule has 40 heavy (non-hydrogen) atoms. The highest BCUT2D eigenvalue weighted by Crippen LogP contribution is 2.18. The summed E-state index contributed by atoms with van der Waals surface area (Å²) < 4.78 is 10.3. The Bertz CT molecular complexity index is 878. The lowest BCUT2D eigenvalue weighted by molar-refractivity contribution is -0.126. The average molecular weight is 591 g/mol. The Hall–Kier alpha value is -2.76. The molecule has 0 aromatic heterocycles. The number of rotatable bonds is 7. The Kier molecular flexibility index (Phi) is 19.7. The van der Waals surface area contributed by atoms with Crippen molar-refractivity contribution in [3.05, 3.63) is 0 Å². The smallest absolute Gasteiger partial charge is 0.410 e. The summed E-state index contributed by atoms with van der Waals surface area (Å²) in [4.78, 5) is 37.0. The largest absolute Gasteiger partial charge is 0.444 e. The number of primary amides is 1. The number of ether oxygens (including phenoxy) is 2. The fraction of sp³-hybridized carbons (Fsp3) is 0.821. The molecule has 0 fully saturated rings. The van der Waals surface area contributed by atoms with Crippen LogP contribution in [-0.2, 0) is 14.3 Å². The molecule has 0 aliphatic rings. The fourth-order valence-corrected chi connectivity index (χ4v) is 2.59. The zero-order chi connectivity index (χ0) is 32.0. The molecule has 3 amide bonds. The number of carbonyl (C=O) groups excluding carboxylic acids is 3. The number of nitriles is 2. The van der Waals surface area contributed by atoms with E-state index < -0.39 is 40.1 Å². The summed E-state index contributed by atoms with van der Waals surface area (Å²) in [6, 6.07) is 4.32. The van der Waals surface area contributed by atoms with Crippen LogP contribution in [0, 0.1) is 38.9 Å². The molecule has 0 bridgehead atoms. The standard InChI is InChI=1S/C11H22N2O3.C11H20N2O2.C6H12N2.ClH/c1-10(2,3)16-9(15)13(6)7-11(4,5)8(12)14;1-10(2,3)15-9(14)13(6)8-11(4,5)7-12;1-6(2,4-7)5-8-3;/h7H2,1-6H3,(H2,12,14);8H2,1-6H3;8H,5H2,1-3H3;1H. The topological polar surface area (TPSA) is 162 Å². The van der Waals surface area contributed by atoms with Crippen LogP contribution in [0.15, 0.2) is 0 Å². The molecule has 0 heterocycles. The monoisotopic (exact) mass is 590 g/mol. The van der Waals surface area contributed by atoms with Gasteiger partial charge >= 0.3 is 12.2 Å². The zero-order valence-corrected chi connectivity index (χ0v) is 28.3. The molecular weight excluding hydrogens is 536 g/mol. The molecule has 234 valence electrons. The van der Waals surface area contributed by atoms with Gasteiger partial charge in [0.05, 0.1) is 28.4 Å². The predicted molar refractivity (Wildman–Crippen MR) is 161 cm³/mol. The molecule has 0 aliphatic heterocycles. The van der Waals surface area contributed by atoms with Gasteiger partial charge in [0, 0.05) is 33.7 Å². The van der Waals surface area contributed by atoms with Gasteiger partial charge in [-0.05, 0) is 90.1 Å². The Morgan fingerprint density at radius 2 is 1.05 bits per heavy atom. The van der Waals surface area contributed by atoms with Gasteiger partial charge < -0.3 is 30.3 Å². The Morgan fingerprint density at radius 3 is 1.27 bits per heavy atom. The first-order chi connectivity index (χ1) is 17.1. The van der Waals surface area contributed by atoms with Gasteiger partial charge in [-0.2, -0.15) is 10.5 Å². The third kappa shape index (κ3) is 24.3. The lowest BCUT2D eigenvalue weighted by atomic mass is 9.92. The van der Waals surface area contributed by atoms with Gasteiger partial charge in [0.1, 0.15) is 11.2 Å². The quantitative estimate of drug-likeness (QED) is 0.421. The second-order valence-electron chi connectivity index (χ2n) is 13.4. The second-order valence-corrected chi connectivity index (χ2v) is 13.4. The lowest BCUT2D eigenvalue weighted by Crippen LogP contribution is -2.44. The van der Waals surface area contributed by atoms with E-state index in [1.807, 2.05) is 41.7 Å². The Morgan fingerprint density at radius 1 is 0.725 bits per heavy atom. The van der Waals surface area contributed by atoms with Crippen LogP contribution in [0.5, 0.6) is 0 Å². The van der Waals surface area contributed by atoms with Crippen LogP contribution in [0.1, 0.15) is 83.1 Å². The first-order valence-corrected chi connectivity index (χ1v) is 12.8. The molecule has 12 heteroatoms. The van der Waals surface area contributed by atoms with Gasteiger partial charge in [-0.3, -0.25) is 4.79 Å². The van der Waals surface area contributed by atoms with Gasteiger partial charge in [0.15, 0.2) is 0 Å². The lowest BCUT2D eigenvalue weighted by Gasteiger charge is -2.29. The number of carbonyl (C=O) groups is 3. The summed E-state index contributed by atoms with van der Waals surface area (Å²) in [5.41, 5.74) is 2.67. The number of hydrogen-bond acceptors (Lipinski definition) is 8. The maximum Gasteiger partial charge on any atom is 0.410 e. The van der Waals surface area contributed by atoms with Crippen LogP contribution in [-0.4, -0.2) is 79.9 Å². The average Bonchev–Trinajstić information content (AvgIpc) is 2.71. The molecule has 3 N–H and O–H groups in total. The molecular formula is C28H55ClN6O5. The number of hydrogen-bond donors (Lipinski definition) is 2. The van der Waals surface area contributed by atoms with Crippen molar-refractivity contribution < 1.29 is 23.9 Å². The van der Waals surface area contributed by atoms with Crippen molar-refractivity contribution in [1.29, 1.82) is 10.5 Å². The van der Waals surface area contributed by atoms with Gasteiger partial charge in [-0.15, -0.1) is 12.4 Å². The maximum absolute atomic E-state index is 11.6. The van der Waals surface area contributed by atoms with E-state index in [1.54, 1.807) is 62.6 Å². The van der Waals surface area contributed by atoms with Crippen molar-refractivity contribution in [1.82, 2.24) is 15.1 Å². The van der Waals surface area contributed by atoms with Crippen molar-refractivity contribution in [3.8, 4) is 12.1 Å². The van der Waals surface area contributed by atoms with E-state index in [0.717, 1.165) is 6.54 Å². The molecule has 0 aromatic rings. The first-order valence-electron chi connectivity index (χ1n) is 12.8. The molecule has 0 aliphatic carbocycles. The van der Waals surface area contributed by atoms with Crippen molar-refractivity contribution in [2.75, 3.05) is 40.8 Å². The van der Waals surface area contributed by atoms with Gasteiger partial charge in [0.2, 0.25) is 5.91 Å². The van der Waals surface area contributed by atoms with Crippen LogP contribution >= 0.6 is 12.4 Å². The molecule has 0 unspecified atom stereocenters. The maximum atomic E-state index is 11.6. The minimum Gasteiger partial charge on any atom is -0.444 e. The Balaban J connectivity index is -0.000000253. The van der Waals surface area contributed by atoms with Crippen LogP contribution in [0.4, 0.5) is 9.59 Å². The molecule has 11 nitrogen and oxygen atoms in total. The number of nitrogens with two attached hydrogens (primary N) is 1. The Labute approximate surface area is 249 Å². The molecule has 0 rings (SSSR count). The fourth-order valence-electron chi connectivity index (χ4n) is 2.59. The van der Waals surface area contributed by atoms with Crippen LogP contribution < -0.4 is 11.1 Å². The van der Waals surface area contributed by atoms with Crippen LogP contribution in [0.2, 0.25) is 0 Å². The summed E-state index contributed by atoms with van der Waals surface area (Å²) in [5.74, 6) is -0.442. The number of halogens is 1. The van der Waals surface area contributed by atoms with Crippen LogP contribution in [0.25, 0.3) is 0 Å². The molecule has 0 radical (unpaired) electrons. The van der Waals surface area contributed by atoms with Crippen molar-refractivity contribution in [3.63, 3.8) is 0 Å². The number of nitrogens with one attached hydrogen (secondary N) is 1. The van der Waals surface area contributed by atoms with E-state index in [2.05, 4.69) is 17.5 Å². The third-order valence-corrected chi connectivity index (χ3v) is 4.57. The molecule has 0 saturated heterocycles. The van der Waals surface area contributed by atoms with Gasteiger partial charge in [-0.25, -0.2) is 9.59 Å². The van der Waals surface area contributed by atoms with Crippen LogP contribution in [0.3, 0.4) is 0 Å². The number of nitrogens with zero attached hydrogens (tertiary/aromatic N) is 4. The van der Waals surface area contributed by atoms with E-state index in [9.17, 15) is 14.4 Å². The van der Waals surface area contributed by atoms with Crippen molar-refractivity contribution in [2.45, 2.75) is 94.3 Å². The molecule has 0 atom stereocenters. The van der Waals surface area contributed by atoms with E-state index in [0.29, 0.717) is 6.54 Å². The molecule has 0 aromatic carbocycles. The summed E-state index contributed by atoms with van der Waals surface area (Å²) in [5, 5.41) is 20.2. The van der Waals surface area contributed by atoms with E-state index >= 15 is 0 Å².